The Labute approximate surface area is 194 Å². The number of hydrazine groups is 1. The second-order valence-electron chi connectivity index (χ2n) is 6.84. The second-order valence-corrected chi connectivity index (χ2v) is 7.71. The number of amides is 2. The van der Waals surface area contributed by atoms with E-state index in [0.29, 0.717) is 26.0 Å². The molecule has 4 rings (SSSR count). The van der Waals surface area contributed by atoms with Crippen molar-refractivity contribution in [2.75, 3.05) is 6.61 Å². The summed E-state index contributed by atoms with van der Waals surface area (Å²) in [4.78, 5) is 24.9. The van der Waals surface area contributed by atoms with E-state index in [9.17, 15) is 22.8 Å². The first kappa shape index (κ1) is 22.7. The molecular weight excluding hydrogens is 484 g/mol. The molecule has 0 saturated carbocycles. The first-order chi connectivity index (χ1) is 15.6. The average Bonchev–Trinajstić information content (AvgIpc) is 3.23. The van der Waals surface area contributed by atoms with E-state index >= 15 is 0 Å². The van der Waals surface area contributed by atoms with Gasteiger partial charge in [0.05, 0.1) is 23.0 Å². The average molecular weight is 497 g/mol. The van der Waals surface area contributed by atoms with Gasteiger partial charge in [-0.05, 0) is 48.5 Å². The highest BCUT2D eigenvalue weighted by molar-refractivity contribution is 6.31. The van der Waals surface area contributed by atoms with Crippen molar-refractivity contribution in [3.8, 4) is 11.4 Å². The van der Waals surface area contributed by atoms with Crippen LogP contribution in [0.1, 0.15) is 21.6 Å². The molecule has 0 fully saturated rings. The molecular formula is C21H13Cl2F3N4O3. The summed E-state index contributed by atoms with van der Waals surface area (Å²) < 4.78 is 47.3. The van der Waals surface area contributed by atoms with Gasteiger partial charge in [-0.3, -0.25) is 20.4 Å². The van der Waals surface area contributed by atoms with Crippen LogP contribution in [-0.2, 0) is 11.0 Å². The zero-order valence-corrected chi connectivity index (χ0v) is 17.9. The molecule has 2 amide bonds. The maximum absolute atomic E-state index is 13.7. The van der Waals surface area contributed by atoms with Crippen molar-refractivity contribution < 1.29 is 27.5 Å². The number of fused-ring (bicyclic) bond motifs is 1. The number of carbonyl (C=O) groups excluding carboxylic acids is 2. The third kappa shape index (κ3) is 4.81. The SMILES string of the molecule is O=C(NNC(=O)c1cnn(-c2ccc(Cl)cc2)c1C(F)(F)F)C1=Cc2cc(Cl)ccc2OC1. The summed E-state index contributed by atoms with van der Waals surface area (Å²) in [5.74, 6) is -1.44. The molecule has 1 aliphatic heterocycles. The number of aromatic nitrogens is 2. The van der Waals surface area contributed by atoms with E-state index < -0.39 is 29.2 Å². The van der Waals surface area contributed by atoms with Gasteiger partial charge in [-0.15, -0.1) is 0 Å². The molecule has 0 atom stereocenters. The molecule has 33 heavy (non-hydrogen) atoms. The lowest BCUT2D eigenvalue weighted by atomic mass is 10.1. The molecule has 0 saturated heterocycles. The van der Waals surface area contributed by atoms with Gasteiger partial charge in [0.2, 0.25) is 0 Å². The van der Waals surface area contributed by atoms with Crippen molar-refractivity contribution in [1.29, 1.82) is 0 Å². The smallest absolute Gasteiger partial charge is 0.434 e. The predicted octanol–water partition coefficient (Wildman–Crippen LogP) is 4.43. The van der Waals surface area contributed by atoms with E-state index in [0.717, 1.165) is 6.20 Å². The van der Waals surface area contributed by atoms with Gasteiger partial charge in [0.15, 0.2) is 5.69 Å². The number of alkyl halides is 3. The summed E-state index contributed by atoms with van der Waals surface area (Å²) in [5.41, 5.74) is 2.73. The van der Waals surface area contributed by atoms with Crippen molar-refractivity contribution >= 4 is 41.1 Å². The molecule has 0 bridgehead atoms. The Kier molecular flexibility index (Phi) is 6.05. The molecule has 2 aromatic carbocycles. The van der Waals surface area contributed by atoms with Crippen LogP contribution in [0.5, 0.6) is 5.75 Å². The van der Waals surface area contributed by atoms with Crippen LogP contribution in [0.3, 0.4) is 0 Å². The highest BCUT2D eigenvalue weighted by Gasteiger charge is 2.40. The fourth-order valence-electron chi connectivity index (χ4n) is 3.11. The largest absolute Gasteiger partial charge is 0.488 e. The number of ether oxygens (including phenoxy) is 1. The first-order valence-electron chi connectivity index (χ1n) is 9.28. The van der Waals surface area contributed by atoms with Crippen molar-refractivity contribution in [1.82, 2.24) is 20.6 Å². The van der Waals surface area contributed by atoms with Crippen LogP contribution in [-0.4, -0.2) is 28.2 Å². The van der Waals surface area contributed by atoms with Gasteiger partial charge in [0, 0.05) is 15.6 Å². The summed E-state index contributed by atoms with van der Waals surface area (Å²) in [6, 6.07) is 10.3. The Bertz CT molecular complexity index is 1270. The Morgan fingerprint density at radius 2 is 1.67 bits per heavy atom. The fourth-order valence-corrected chi connectivity index (χ4v) is 3.41. The van der Waals surface area contributed by atoms with Crippen molar-refractivity contribution in [3.05, 3.63) is 81.1 Å². The van der Waals surface area contributed by atoms with Crippen LogP contribution in [0.4, 0.5) is 13.2 Å². The summed E-state index contributed by atoms with van der Waals surface area (Å²) in [6.07, 6.45) is -2.64. The Balaban J connectivity index is 1.53. The molecule has 3 aromatic rings. The lowest BCUT2D eigenvalue weighted by molar-refractivity contribution is -0.143. The van der Waals surface area contributed by atoms with Gasteiger partial charge in [-0.2, -0.15) is 18.3 Å². The Morgan fingerprint density at radius 3 is 2.36 bits per heavy atom. The van der Waals surface area contributed by atoms with Crippen LogP contribution in [0.15, 0.2) is 54.2 Å². The molecule has 2 N–H and O–H groups in total. The van der Waals surface area contributed by atoms with E-state index in [1.165, 1.54) is 30.3 Å². The molecule has 2 heterocycles. The zero-order valence-electron chi connectivity index (χ0n) is 16.4. The minimum absolute atomic E-state index is 0.0525. The van der Waals surface area contributed by atoms with Crippen LogP contribution < -0.4 is 15.6 Å². The van der Waals surface area contributed by atoms with Gasteiger partial charge in [-0.25, -0.2) is 4.68 Å². The topological polar surface area (TPSA) is 85.3 Å². The number of hydrogen-bond acceptors (Lipinski definition) is 4. The third-order valence-electron chi connectivity index (χ3n) is 4.62. The molecule has 1 aliphatic rings. The molecule has 0 unspecified atom stereocenters. The minimum atomic E-state index is -4.91. The quantitative estimate of drug-likeness (QED) is 0.525. The lowest BCUT2D eigenvalue weighted by Gasteiger charge is -2.18. The predicted molar refractivity (Wildman–Crippen MR) is 114 cm³/mol. The van der Waals surface area contributed by atoms with Gasteiger partial charge in [-0.1, -0.05) is 23.2 Å². The molecule has 0 aliphatic carbocycles. The monoisotopic (exact) mass is 496 g/mol. The highest BCUT2D eigenvalue weighted by Crippen LogP contribution is 2.34. The maximum Gasteiger partial charge on any atom is 0.434 e. The number of nitrogens with zero attached hydrogens (tertiary/aromatic N) is 2. The number of benzene rings is 2. The number of halogens is 5. The molecule has 0 radical (unpaired) electrons. The second kappa shape index (κ2) is 8.80. The first-order valence-corrected chi connectivity index (χ1v) is 10.0. The van der Waals surface area contributed by atoms with Crippen LogP contribution in [0.2, 0.25) is 10.0 Å². The van der Waals surface area contributed by atoms with Crippen LogP contribution >= 0.6 is 23.2 Å². The molecule has 0 spiro atoms. The van der Waals surface area contributed by atoms with Crippen LogP contribution in [0, 0.1) is 0 Å². The van der Waals surface area contributed by atoms with E-state index in [2.05, 4.69) is 10.5 Å². The highest BCUT2D eigenvalue weighted by atomic mass is 35.5. The van der Waals surface area contributed by atoms with Crippen molar-refractivity contribution in [3.63, 3.8) is 0 Å². The van der Waals surface area contributed by atoms with Gasteiger partial charge < -0.3 is 4.74 Å². The van der Waals surface area contributed by atoms with E-state index in [4.69, 9.17) is 27.9 Å². The number of nitrogens with one attached hydrogen (secondary N) is 2. The Morgan fingerprint density at radius 1 is 1.00 bits per heavy atom. The molecule has 7 nitrogen and oxygen atoms in total. The van der Waals surface area contributed by atoms with Gasteiger partial charge >= 0.3 is 6.18 Å². The standard InChI is InChI=1S/C21H13Cl2F3N4O3/c22-13-1-4-15(5-2-13)30-18(21(24,25)26)16(9-27-30)20(32)29-28-19(31)12-7-11-8-14(23)3-6-17(11)33-10-12/h1-9H,10H2,(H,28,31)(H,29,32). The van der Waals surface area contributed by atoms with Crippen LogP contribution in [0.25, 0.3) is 11.8 Å². The minimum Gasteiger partial charge on any atom is -0.488 e. The summed E-state index contributed by atoms with van der Waals surface area (Å²) >= 11 is 11.7. The van der Waals surface area contributed by atoms with E-state index in [-0.39, 0.29) is 17.9 Å². The lowest BCUT2D eigenvalue weighted by Crippen LogP contribution is -2.43. The normalized spacial score (nSPS) is 12.9. The zero-order chi connectivity index (χ0) is 23.8. The molecule has 1 aromatic heterocycles. The van der Waals surface area contributed by atoms with Crippen molar-refractivity contribution in [2.24, 2.45) is 0 Å². The Hall–Kier alpha value is -3.50. The van der Waals surface area contributed by atoms with Gasteiger partial charge in [0.1, 0.15) is 12.4 Å². The third-order valence-corrected chi connectivity index (χ3v) is 5.11. The number of rotatable bonds is 3. The maximum atomic E-state index is 13.7. The molecule has 170 valence electrons. The number of hydrogen-bond donors (Lipinski definition) is 2. The van der Waals surface area contributed by atoms with E-state index in [1.807, 2.05) is 5.43 Å². The van der Waals surface area contributed by atoms with Crippen molar-refractivity contribution in [2.45, 2.75) is 6.18 Å². The summed E-state index contributed by atoms with van der Waals surface area (Å²) in [6.45, 7) is -0.0986. The molecule has 12 heteroatoms. The fraction of sp³-hybridized carbons (Fsp3) is 0.0952. The summed E-state index contributed by atoms with van der Waals surface area (Å²) in [7, 11) is 0. The summed E-state index contributed by atoms with van der Waals surface area (Å²) in [5, 5.41) is 4.45. The van der Waals surface area contributed by atoms with Gasteiger partial charge in [0.25, 0.3) is 11.8 Å². The number of carbonyl (C=O) groups is 2. The van der Waals surface area contributed by atoms with E-state index in [1.54, 1.807) is 18.2 Å².